The lowest BCUT2D eigenvalue weighted by Crippen LogP contribution is -2.37. The highest BCUT2D eigenvalue weighted by Gasteiger charge is 2.18. The van der Waals surface area contributed by atoms with Crippen LogP contribution < -0.4 is 10.2 Å². The van der Waals surface area contributed by atoms with Gasteiger partial charge in [-0.1, -0.05) is 30.3 Å². The molecule has 1 aliphatic heterocycles. The van der Waals surface area contributed by atoms with Crippen molar-refractivity contribution in [3.63, 3.8) is 0 Å². The predicted molar refractivity (Wildman–Crippen MR) is 101 cm³/mol. The van der Waals surface area contributed by atoms with Crippen molar-refractivity contribution in [2.45, 2.75) is 32.2 Å². The lowest BCUT2D eigenvalue weighted by molar-refractivity contribution is -0.111. The second-order valence-electron chi connectivity index (χ2n) is 6.32. The van der Waals surface area contributed by atoms with E-state index in [1.54, 1.807) is 6.08 Å². The number of amides is 1. The molecule has 1 atom stereocenters. The van der Waals surface area contributed by atoms with Gasteiger partial charge in [-0.15, -0.1) is 0 Å². The topological polar surface area (TPSA) is 32.3 Å². The van der Waals surface area contributed by atoms with E-state index in [4.69, 9.17) is 0 Å². The maximum Gasteiger partial charge on any atom is 0.248 e. The first kappa shape index (κ1) is 16.3. The van der Waals surface area contributed by atoms with E-state index in [-0.39, 0.29) is 5.91 Å². The molecular weight excluding hydrogens is 296 g/mol. The van der Waals surface area contributed by atoms with Crippen LogP contribution in [-0.2, 0) is 4.79 Å². The van der Waals surface area contributed by atoms with Gasteiger partial charge in [0.15, 0.2) is 0 Å². The van der Waals surface area contributed by atoms with Crippen LogP contribution in [0.4, 0.5) is 11.4 Å². The summed E-state index contributed by atoms with van der Waals surface area (Å²) in [5.74, 6) is -0.113. The monoisotopic (exact) mass is 320 g/mol. The van der Waals surface area contributed by atoms with Crippen LogP contribution in [0.25, 0.3) is 6.08 Å². The van der Waals surface area contributed by atoms with Crippen LogP contribution in [0.15, 0.2) is 60.7 Å². The molecule has 3 nitrogen and oxygen atoms in total. The standard InChI is InChI=1S/C21H24N2O/c1-17-7-5-6-16-23(17)20-13-11-19(12-14-20)22-21(24)15-10-18-8-3-2-4-9-18/h2-4,8-15,17H,5-7,16H2,1H3,(H,22,24)/b15-10+/t17-/m1/s1. The molecule has 2 aromatic carbocycles. The predicted octanol–water partition coefficient (Wildman–Crippen LogP) is 4.72. The normalized spacial score (nSPS) is 17.9. The first-order chi connectivity index (χ1) is 11.7. The second-order valence-corrected chi connectivity index (χ2v) is 6.32. The van der Waals surface area contributed by atoms with Gasteiger partial charge in [-0.3, -0.25) is 4.79 Å². The first-order valence-electron chi connectivity index (χ1n) is 8.63. The van der Waals surface area contributed by atoms with Gasteiger partial charge in [-0.2, -0.15) is 0 Å². The minimum atomic E-state index is -0.113. The summed E-state index contributed by atoms with van der Waals surface area (Å²) in [7, 11) is 0. The molecule has 124 valence electrons. The highest BCUT2D eigenvalue weighted by molar-refractivity contribution is 6.02. The number of carbonyl (C=O) groups is 1. The number of nitrogens with one attached hydrogen (secondary N) is 1. The highest BCUT2D eigenvalue weighted by Crippen LogP contribution is 2.25. The molecule has 0 aromatic heterocycles. The van der Waals surface area contributed by atoms with Crippen molar-refractivity contribution in [2.24, 2.45) is 0 Å². The van der Waals surface area contributed by atoms with Crippen LogP contribution in [-0.4, -0.2) is 18.5 Å². The molecule has 0 saturated carbocycles. The van der Waals surface area contributed by atoms with Crippen molar-refractivity contribution in [2.75, 3.05) is 16.8 Å². The van der Waals surface area contributed by atoms with E-state index < -0.39 is 0 Å². The molecule has 0 bridgehead atoms. The maximum atomic E-state index is 12.0. The van der Waals surface area contributed by atoms with Crippen LogP contribution >= 0.6 is 0 Å². The van der Waals surface area contributed by atoms with Gasteiger partial charge in [-0.25, -0.2) is 0 Å². The van der Waals surface area contributed by atoms with Gasteiger partial charge in [0.05, 0.1) is 0 Å². The van der Waals surface area contributed by atoms with Gasteiger partial charge in [0.1, 0.15) is 0 Å². The molecule has 1 saturated heterocycles. The number of nitrogens with zero attached hydrogens (tertiary/aromatic N) is 1. The Morgan fingerprint density at radius 3 is 2.54 bits per heavy atom. The summed E-state index contributed by atoms with van der Waals surface area (Å²) in [6.07, 6.45) is 7.21. The van der Waals surface area contributed by atoms with E-state index in [1.807, 2.05) is 48.5 Å². The minimum Gasteiger partial charge on any atom is -0.369 e. The number of hydrogen-bond acceptors (Lipinski definition) is 2. The first-order valence-corrected chi connectivity index (χ1v) is 8.63. The number of piperidine rings is 1. The second kappa shape index (κ2) is 7.82. The molecule has 0 radical (unpaired) electrons. The van der Waals surface area contributed by atoms with Crippen molar-refractivity contribution in [3.05, 3.63) is 66.2 Å². The zero-order chi connectivity index (χ0) is 16.8. The Kier molecular flexibility index (Phi) is 5.32. The number of rotatable bonds is 4. The van der Waals surface area contributed by atoms with Crippen molar-refractivity contribution < 1.29 is 4.79 Å². The summed E-state index contributed by atoms with van der Waals surface area (Å²) >= 11 is 0. The summed E-state index contributed by atoms with van der Waals surface area (Å²) in [5.41, 5.74) is 3.08. The Labute approximate surface area is 144 Å². The third kappa shape index (κ3) is 4.25. The average molecular weight is 320 g/mol. The molecule has 0 spiro atoms. The lowest BCUT2D eigenvalue weighted by atomic mass is 10.0. The lowest BCUT2D eigenvalue weighted by Gasteiger charge is -2.35. The summed E-state index contributed by atoms with van der Waals surface area (Å²) < 4.78 is 0. The Balaban J connectivity index is 1.59. The summed E-state index contributed by atoms with van der Waals surface area (Å²) in [6.45, 7) is 3.40. The molecule has 1 heterocycles. The van der Waals surface area contributed by atoms with Crippen molar-refractivity contribution >= 4 is 23.4 Å². The molecule has 3 rings (SSSR count). The third-order valence-corrected chi connectivity index (χ3v) is 4.50. The Hall–Kier alpha value is -2.55. The number of anilines is 2. The Bertz CT molecular complexity index is 692. The highest BCUT2D eigenvalue weighted by atomic mass is 16.1. The summed E-state index contributed by atoms with van der Waals surface area (Å²) in [4.78, 5) is 14.5. The molecule has 1 fully saturated rings. The van der Waals surface area contributed by atoms with Gasteiger partial charge in [0.25, 0.3) is 0 Å². The molecule has 2 aromatic rings. The van der Waals surface area contributed by atoms with Crippen molar-refractivity contribution in [1.29, 1.82) is 0 Å². The molecule has 24 heavy (non-hydrogen) atoms. The zero-order valence-corrected chi connectivity index (χ0v) is 14.1. The third-order valence-electron chi connectivity index (χ3n) is 4.50. The maximum absolute atomic E-state index is 12.0. The van der Waals surface area contributed by atoms with Crippen LogP contribution in [0.5, 0.6) is 0 Å². The van der Waals surface area contributed by atoms with Crippen LogP contribution in [0.1, 0.15) is 31.7 Å². The van der Waals surface area contributed by atoms with E-state index >= 15 is 0 Å². The van der Waals surface area contributed by atoms with Gasteiger partial charge < -0.3 is 10.2 Å². The van der Waals surface area contributed by atoms with E-state index in [1.165, 1.54) is 24.9 Å². The molecule has 1 N–H and O–H groups in total. The fraction of sp³-hybridized carbons (Fsp3) is 0.286. The van der Waals surface area contributed by atoms with Crippen molar-refractivity contribution in [1.82, 2.24) is 0 Å². The molecule has 1 aliphatic rings. The summed E-state index contributed by atoms with van der Waals surface area (Å²) in [6, 6.07) is 18.6. The van der Waals surface area contributed by atoms with Crippen LogP contribution in [0.2, 0.25) is 0 Å². The van der Waals surface area contributed by atoms with Gasteiger partial charge in [0.2, 0.25) is 5.91 Å². The molecular formula is C21H24N2O. The van der Waals surface area contributed by atoms with E-state index in [9.17, 15) is 4.79 Å². The molecule has 1 amide bonds. The smallest absolute Gasteiger partial charge is 0.248 e. The Morgan fingerprint density at radius 2 is 1.83 bits per heavy atom. The number of carbonyl (C=O) groups excluding carboxylic acids is 1. The van der Waals surface area contributed by atoms with Crippen molar-refractivity contribution in [3.8, 4) is 0 Å². The SMILES string of the molecule is C[C@@H]1CCCCN1c1ccc(NC(=O)/C=C/c2ccccc2)cc1. The average Bonchev–Trinajstić information content (AvgIpc) is 2.62. The minimum absolute atomic E-state index is 0.113. The quantitative estimate of drug-likeness (QED) is 0.827. The van der Waals surface area contributed by atoms with Gasteiger partial charge in [0, 0.05) is 30.0 Å². The largest absolute Gasteiger partial charge is 0.369 e. The summed E-state index contributed by atoms with van der Waals surface area (Å²) in [5, 5.41) is 2.91. The fourth-order valence-corrected chi connectivity index (χ4v) is 3.14. The van der Waals surface area contributed by atoms with E-state index in [0.717, 1.165) is 17.8 Å². The number of hydrogen-bond donors (Lipinski definition) is 1. The van der Waals surface area contributed by atoms with Gasteiger partial charge >= 0.3 is 0 Å². The molecule has 3 heteroatoms. The van der Waals surface area contributed by atoms with E-state index in [2.05, 4.69) is 29.3 Å². The number of benzene rings is 2. The van der Waals surface area contributed by atoms with Crippen LogP contribution in [0.3, 0.4) is 0 Å². The fourth-order valence-electron chi connectivity index (χ4n) is 3.14. The molecule has 0 unspecified atom stereocenters. The Morgan fingerprint density at radius 1 is 1.08 bits per heavy atom. The zero-order valence-electron chi connectivity index (χ0n) is 14.1. The van der Waals surface area contributed by atoms with E-state index in [0.29, 0.717) is 6.04 Å². The van der Waals surface area contributed by atoms with Crippen LogP contribution in [0, 0.1) is 0 Å². The van der Waals surface area contributed by atoms with Gasteiger partial charge in [-0.05, 0) is 62.1 Å². The molecule has 0 aliphatic carbocycles.